The van der Waals surface area contributed by atoms with Gasteiger partial charge in [0.1, 0.15) is 11.4 Å². The van der Waals surface area contributed by atoms with Gasteiger partial charge in [0, 0.05) is 24.5 Å². The lowest BCUT2D eigenvalue weighted by Crippen LogP contribution is -2.36. The van der Waals surface area contributed by atoms with Gasteiger partial charge in [-0.3, -0.25) is 9.59 Å². The van der Waals surface area contributed by atoms with Gasteiger partial charge in [0.15, 0.2) is 35.7 Å². The molecule has 0 unspecified atom stereocenters. The smallest absolute Gasteiger partial charge is 0.354 e. The standard InChI is InChI=1S/C19H12F4N2O4/c20-11-8-12(21)17(23)18(16(11)22)25-15(27)7-6-13(24-25)19(28)29-9-14(26)10-4-2-1-3-5-10/h1-5,8H,6-7,9H2. The lowest BCUT2D eigenvalue weighted by atomic mass is 10.1. The molecule has 2 aromatic rings. The van der Waals surface area contributed by atoms with Crippen molar-refractivity contribution < 1.29 is 36.7 Å². The van der Waals surface area contributed by atoms with Gasteiger partial charge >= 0.3 is 5.97 Å². The van der Waals surface area contributed by atoms with Crippen LogP contribution in [-0.4, -0.2) is 30.0 Å². The zero-order valence-corrected chi connectivity index (χ0v) is 14.6. The van der Waals surface area contributed by atoms with Crippen LogP contribution in [0.25, 0.3) is 0 Å². The van der Waals surface area contributed by atoms with Crippen LogP contribution in [0.2, 0.25) is 0 Å². The van der Waals surface area contributed by atoms with E-state index < -0.39 is 65.4 Å². The summed E-state index contributed by atoms with van der Waals surface area (Å²) >= 11 is 0. The van der Waals surface area contributed by atoms with Gasteiger partial charge in [0.25, 0.3) is 0 Å². The third-order valence-corrected chi connectivity index (χ3v) is 4.00. The number of nitrogens with zero attached hydrogens (tertiary/aromatic N) is 2. The van der Waals surface area contributed by atoms with E-state index in [-0.39, 0.29) is 17.5 Å². The number of ether oxygens (including phenoxy) is 1. The molecule has 0 bridgehead atoms. The molecule has 0 aromatic heterocycles. The second-order valence-corrected chi connectivity index (χ2v) is 5.93. The fourth-order valence-electron chi connectivity index (χ4n) is 2.54. The first-order chi connectivity index (χ1) is 13.8. The minimum atomic E-state index is -1.84. The van der Waals surface area contributed by atoms with Crippen LogP contribution in [0, 0.1) is 23.3 Å². The highest BCUT2D eigenvalue weighted by molar-refractivity contribution is 6.38. The van der Waals surface area contributed by atoms with Crippen LogP contribution in [0.3, 0.4) is 0 Å². The number of Topliss-reactive ketones (excluding diaryl/α,β-unsaturated/α-hetero) is 1. The first kappa shape index (κ1) is 20.2. The Balaban J connectivity index is 1.81. The van der Waals surface area contributed by atoms with Crippen molar-refractivity contribution in [2.45, 2.75) is 12.8 Å². The molecule has 10 heteroatoms. The maximum atomic E-state index is 14.0. The van der Waals surface area contributed by atoms with Crippen molar-refractivity contribution in [3.05, 3.63) is 65.2 Å². The Morgan fingerprint density at radius 1 is 1.00 bits per heavy atom. The highest BCUT2D eigenvalue weighted by atomic mass is 19.2. The van der Waals surface area contributed by atoms with Crippen LogP contribution in [0.1, 0.15) is 23.2 Å². The molecule has 1 aliphatic rings. The number of carbonyl (C=O) groups excluding carboxylic acids is 3. The summed E-state index contributed by atoms with van der Waals surface area (Å²) < 4.78 is 59.6. The molecular formula is C19H12F4N2O4. The molecule has 6 nitrogen and oxygen atoms in total. The first-order valence-corrected chi connectivity index (χ1v) is 8.28. The van der Waals surface area contributed by atoms with Crippen molar-refractivity contribution in [3.63, 3.8) is 0 Å². The predicted molar refractivity (Wildman–Crippen MR) is 92.2 cm³/mol. The summed E-state index contributed by atoms with van der Waals surface area (Å²) in [6.45, 7) is -0.632. The topological polar surface area (TPSA) is 76.0 Å². The van der Waals surface area contributed by atoms with Crippen molar-refractivity contribution in [2.75, 3.05) is 11.6 Å². The van der Waals surface area contributed by atoms with Crippen LogP contribution in [0.15, 0.2) is 41.5 Å². The summed E-state index contributed by atoms with van der Waals surface area (Å²) in [7, 11) is 0. The van der Waals surface area contributed by atoms with E-state index in [1.807, 2.05) is 0 Å². The Hall–Kier alpha value is -3.56. The number of esters is 1. The summed E-state index contributed by atoms with van der Waals surface area (Å²) in [4.78, 5) is 36.1. The molecule has 0 N–H and O–H groups in total. The number of hydrogen-bond acceptors (Lipinski definition) is 5. The number of ketones is 1. The van der Waals surface area contributed by atoms with Crippen LogP contribution in [0.5, 0.6) is 0 Å². The second-order valence-electron chi connectivity index (χ2n) is 5.93. The molecule has 0 aliphatic carbocycles. The summed E-state index contributed by atoms with van der Waals surface area (Å²) in [5.74, 6) is -9.73. The Labute approximate surface area is 161 Å². The summed E-state index contributed by atoms with van der Waals surface area (Å²) in [5.41, 5.74) is -1.52. The molecule has 1 aliphatic heterocycles. The predicted octanol–water partition coefficient (Wildman–Crippen LogP) is 3.15. The summed E-state index contributed by atoms with van der Waals surface area (Å²) in [6, 6.07) is 7.93. The number of hydrazone groups is 1. The molecule has 0 saturated carbocycles. The molecule has 0 spiro atoms. The van der Waals surface area contributed by atoms with Gasteiger partial charge in [-0.15, -0.1) is 0 Å². The van der Waals surface area contributed by atoms with Gasteiger partial charge in [-0.1, -0.05) is 30.3 Å². The Bertz CT molecular complexity index is 998. The average molecular weight is 408 g/mol. The lowest BCUT2D eigenvalue weighted by Gasteiger charge is -2.23. The van der Waals surface area contributed by atoms with Crippen molar-refractivity contribution in [1.29, 1.82) is 0 Å². The molecular weight excluding hydrogens is 396 g/mol. The molecule has 3 rings (SSSR count). The van der Waals surface area contributed by atoms with E-state index in [0.717, 1.165) is 0 Å². The molecule has 1 amide bonds. The van der Waals surface area contributed by atoms with Crippen LogP contribution in [-0.2, 0) is 14.3 Å². The Kier molecular flexibility index (Phi) is 5.71. The molecule has 150 valence electrons. The number of carbonyl (C=O) groups is 3. The molecule has 0 fully saturated rings. The van der Waals surface area contributed by atoms with E-state index >= 15 is 0 Å². The van der Waals surface area contributed by atoms with Crippen LogP contribution in [0.4, 0.5) is 23.2 Å². The van der Waals surface area contributed by atoms with E-state index in [2.05, 4.69) is 5.10 Å². The Morgan fingerprint density at radius 3 is 2.24 bits per heavy atom. The number of hydrogen-bond donors (Lipinski definition) is 0. The lowest BCUT2D eigenvalue weighted by molar-refractivity contribution is -0.134. The molecule has 2 aromatic carbocycles. The Morgan fingerprint density at radius 2 is 1.62 bits per heavy atom. The normalized spacial score (nSPS) is 13.9. The largest absolute Gasteiger partial charge is 0.453 e. The molecule has 0 radical (unpaired) electrons. The number of anilines is 1. The number of amides is 1. The highest BCUT2D eigenvalue weighted by Gasteiger charge is 2.33. The third-order valence-electron chi connectivity index (χ3n) is 4.00. The summed E-state index contributed by atoms with van der Waals surface area (Å²) in [6.07, 6.45) is -0.660. The third kappa shape index (κ3) is 4.15. The molecule has 0 saturated heterocycles. The number of rotatable bonds is 5. The van der Waals surface area contributed by atoms with E-state index in [4.69, 9.17) is 4.74 Å². The molecule has 1 heterocycles. The van der Waals surface area contributed by atoms with E-state index in [9.17, 15) is 31.9 Å². The minimum absolute atomic E-state index is 0.0172. The maximum Gasteiger partial charge on any atom is 0.354 e. The van der Waals surface area contributed by atoms with Crippen LogP contribution < -0.4 is 5.01 Å². The fraction of sp³-hybridized carbons (Fsp3) is 0.158. The summed E-state index contributed by atoms with van der Waals surface area (Å²) in [5, 5.41) is 3.57. The maximum absolute atomic E-state index is 14.0. The number of halogens is 4. The second kappa shape index (κ2) is 8.21. The van der Waals surface area contributed by atoms with E-state index in [1.165, 1.54) is 12.1 Å². The van der Waals surface area contributed by atoms with Gasteiger partial charge in [-0.25, -0.2) is 22.4 Å². The van der Waals surface area contributed by atoms with Gasteiger partial charge in [-0.2, -0.15) is 10.1 Å². The van der Waals surface area contributed by atoms with Gasteiger partial charge < -0.3 is 4.74 Å². The SMILES string of the molecule is O=C(OCC(=O)c1ccccc1)C1=NN(c2c(F)c(F)cc(F)c2F)C(=O)CC1. The zero-order valence-electron chi connectivity index (χ0n) is 14.6. The van der Waals surface area contributed by atoms with Gasteiger partial charge in [-0.05, 0) is 0 Å². The van der Waals surface area contributed by atoms with Gasteiger partial charge in [0.2, 0.25) is 5.91 Å². The molecule has 29 heavy (non-hydrogen) atoms. The zero-order chi connectivity index (χ0) is 21.1. The van der Waals surface area contributed by atoms with Crippen molar-refractivity contribution in [1.82, 2.24) is 0 Å². The van der Waals surface area contributed by atoms with Crippen molar-refractivity contribution >= 4 is 29.1 Å². The molecule has 0 atom stereocenters. The average Bonchev–Trinajstić information content (AvgIpc) is 2.72. The van der Waals surface area contributed by atoms with Crippen molar-refractivity contribution in [3.8, 4) is 0 Å². The quantitative estimate of drug-likeness (QED) is 0.330. The monoisotopic (exact) mass is 408 g/mol. The van der Waals surface area contributed by atoms with Gasteiger partial charge in [0.05, 0.1) is 0 Å². The van der Waals surface area contributed by atoms with E-state index in [0.29, 0.717) is 5.56 Å². The van der Waals surface area contributed by atoms with Crippen LogP contribution >= 0.6 is 0 Å². The van der Waals surface area contributed by atoms with Crippen molar-refractivity contribution in [2.24, 2.45) is 5.10 Å². The first-order valence-electron chi connectivity index (χ1n) is 8.28. The highest BCUT2D eigenvalue weighted by Crippen LogP contribution is 2.30. The fourth-order valence-corrected chi connectivity index (χ4v) is 2.54. The number of benzene rings is 2. The minimum Gasteiger partial charge on any atom is -0.453 e. The van der Waals surface area contributed by atoms with E-state index in [1.54, 1.807) is 18.2 Å².